The number of rotatable bonds is 4. The molecule has 0 spiro atoms. The van der Waals surface area contributed by atoms with Gasteiger partial charge in [-0.05, 0) is 37.0 Å². The number of benzene rings is 1. The lowest BCUT2D eigenvalue weighted by molar-refractivity contribution is -0.141. The summed E-state index contributed by atoms with van der Waals surface area (Å²) in [5, 5.41) is 3.11. The lowest BCUT2D eigenvalue weighted by Crippen LogP contribution is -2.48. The monoisotopic (exact) mass is 458 g/mol. The standard InChI is InChI=1S/C22H18F4N6O/c23-14-4-1-3-13(19(14)20-27-5-2-6-28-20)21(33)32-11-12-7-15(16(32)8-12)31-18-10-29-17(9-30-18)22(24,25)26/h1-6,9-10,12,15-16H,7-8,11H2,(H,30,31)/t12-,15-,16+/m1/s1. The first-order valence-corrected chi connectivity index (χ1v) is 10.3. The second-order valence-electron chi connectivity index (χ2n) is 8.13. The fourth-order valence-electron chi connectivity index (χ4n) is 4.67. The summed E-state index contributed by atoms with van der Waals surface area (Å²) < 4.78 is 52.9. The number of alkyl halides is 3. The predicted molar refractivity (Wildman–Crippen MR) is 109 cm³/mol. The zero-order valence-corrected chi connectivity index (χ0v) is 17.1. The Bertz CT molecular complexity index is 1170. The van der Waals surface area contributed by atoms with Crippen LogP contribution in [-0.4, -0.2) is 49.4 Å². The van der Waals surface area contributed by atoms with Crippen LogP contribution in [0.5, 0.6) is 0 Å². The molecular formula is C22H18F4N6O. The van der Waals surface area contributed by atoms with E-state index < -0.39 is 17.7 Å². The number of carbonyl (C=O) groups is 1. The van der Waals surface area contributed by atoms with Crippen LogP contribution in [-0.2, 0) is 6.18 Å². The van der Waals surface area contributed by atoms with Crippen molar-refractivity contribution in [1.82, 2.24) is 24.8 Å². The van der Waals surface area contributed by atoms with Gasteiger partial charge in [0.15, 0.2) is 11.5 Å². The van der Waals surface area contributed by atoms with Gasteiger partial charge < -0.3 is 10.2 Å². The van der Waals surface area contributed by atoms with Crippen molar-refractivity contribution in [3.05, 3.63) is 66.1 Å². The summed E-state index contributed by atoms with van der Waals surface area (Å²) in [6.45, 7) is 0.520. The van der Waals surface area contributed by atoms with Gasteiger partial charge in [-0.1, -0.05) is 6.07 Å². The molecule has 11 heteroatoms. The molecule has 2 bridgehead atoms. The molecule has 7 nitrogen and oxygen atoms in total. The summed E-state index contributed by atoms with van der Waals surface area (Å²) in [4.78, 5) is 30.6. The lowest BCUT2D eigenvalue weighted by Gasteiger charge is -2.34. The maximum absolute atomic E-state index is 14.7. The van der Waals surface area contributed by atoms with E-state index in [-0.39, 0.29) is 46.7 Å². The molecule has 3 aromatic rings. The minimum Gasteiger partial charge on any atom is -0.364 e. The number of hydrogen-bond acceptors (Lipinski definition) is 6. The minimum absolute atomic E-state index is 0.0454. The van der Waals surface area contributed by atoms with Gasteiger partial charge in [-0.3, -0.25) is 4.79 Å². The summed E-state index contributed by atoms with van der Waals surface area (Å²) in [5.74, 6) is -0.375. The molecule has 0 unspecified atom stereocenters. The molecule has 1 saturated carbocycles. The number of nitrogens with one attached hydrogen (secondary N) is 1. The average molecular weight is 458 g/mol. The van der Waals surface area contributed by atoms with E-state index in [1.807, 2.05) is 0 Å². The van der Waals surface area contributed by atoms with Crippen LogP contribution >= 0.6 is 0 Å². The topological polar surface area (TPSA) is 83.9 Å². The molecule has 5 rings (SSSR count). The van der Waals surface area contributed by atoms with Gasteiger partial charge in [-0.15, -0.1) is 0 Å². The SMILES string of the molecule is O=C(c1cccc(F)c1-c1ncccn1)N1C[C@@H]2C[C@@H](Nc3cnc(C(F)(F)F)cn3)[C@@H]1C2. The van der Waals surface area contributed by atoms with E-state index in [1.54, 1.807) is 17.0 Å². The van der Waals surface area contributed by atoms with Crippen molar-refractivity contribution in [3.63, 3.8) is 0 Å². The highest BCUT2D eigenvalue weighted by Crippen LogP contribution is 2.40. The summed E-state index contributed by atoms with van der Waals surface area (Å²) in [6.07, 6.45) is 1.60. The van der Waals surface area contributed by atoms with E-state index in [9.17, 15) is 22.4 Å². The van der Waals surface area contributed by atoms with Gasteiger partial charge in [0.05, 0.1) is 29.6 Å². The molecule has 0 radical (unpaired) electrons. The van der Waals surface area contributed by atoms with Gasteiger partial charge in [0.2, 0.25) is 0 Å². The van der Waals surface area contributed by atoms with E-state index in [4.69, 9.17) is 0 Å². The third-order valence-electron chi connectivity index (χ3n) is 6.05. The van der Waals surface area contributed by atoms with Crippen LogP contribution < -0.4 is 5.32 Å². The zero-order valence-electron chi connectivity index (χ0n) is 17.1. The molecule has 2 aliphatic rings. The normalized spacial score (nSPS) is 21.9. The molecule has 1 N–H and O–H groups in total. The fourth-order valence-corrected chi connectivity index (χ4v) is 4.67. The van der Waals surface area contributed by atoms with Crippen molar-refractivity contribution in [2.75, 3.05) is 11.9 Å². The maximum Gasteiger partial charge on any atom is 0.434 e. The Labute approximate surface area is 185 Å². The van der Waals surface area contributed by atoms with Crippen molar-refractivity contribution in [2.24, 2.45) is 5.92 Å². The molecule has 3 atom stereocenters. The number of likely N-dealkylation sites (tertiary alicyclic amines) is 1. The Morgan fingerprint density at radius 1 is 1.03 bits per heavy atom. The molecule has 1 amide bonds. The van der Waals surface area contributed by atoms with Crippen molar-refractivity contribution >= 4 is 11.7 Å². The number of aromatic nitrogens is 4. The Hall–Kier alpha value is -3.63. The van der Waals surface area contributed by atoms with Gasteiger partial charge in [0.1, 0.15) is 11.6 Å². The molecule has 1 aromatic carbocycles. The number of hydrogen-bond donors (Lipinski definition) is 1. The highest BCUT2D eigenvalue weighted by molar-refractivity contribution is 6.00. The van der Waals surface area contributed by atoms with E-state index in [0.717, 1.165) is 19.0 Å². The Kier molecular flexibility index (Phi) is 5.18. The van der Waals surface area contributed by atoms with Gasteiger partial charge in [0.25, 0.3) is 5.91 Å². The van der Waals surface area contributed by atoms with E-state index in [0.29, 0.717) is 12.7 Å². The largest absolute Gasteiger partial charge is 0.434 e. The molecule has 33 heavy (non-hydrogen) atoms. The van der Waals surface area contributed by atoms with Gasteiger partial charge in [-0.2, -0.15) is 13.2 Å². The van der Waals surface area contributed by atoms with E-state index in [1.165, 1.54) is 24.5 Å². The number of fused-ring (bicyclic) bond motifs is 2. The van der Waals surface area contributed by atoms with Crippen LogP contribution in [0.3, 0.4) is 0 Å². The van der Waals surface area contributed by atoms with Crippen LogP contribution in [0.4, 0.5) is 23.4 Å². The Balaban J connectivity index is 1.38. The zero-order chi connectivity index (χ0) is 23.2. The summed E-state index contributed by atoms with van der Waals surface area (Å²) in [5.41, 5.74) is -0.856. The van der Waals surface area contributed by atoms with E-state index in [2.05, 4.69) is 25.3 Å². The van der Waals surface area contributed by atoms with Crippen molar-refractivity contribution in [2.45, 2.75) is 31.1 Å². The number of anilines is 1. The van der Waals surface area contributed by atoms with Crippen LogP contribution in [0.2, 0.25) is 0 Å². The number of carbonyl (C=O) groups excluding carboxylic acids is 1. The van der Waals surface area contributed by atoms with Gasteiger partial charge in [0, 0.05) is 25.0 Å². The van der Waals surface area contributed by atoms with Gasteiger partial charge >= 0.3 is 6.18 Å². The predicted octanol–water partition coefficient (Wildman–Crippen LogP) is 3.81. The molecule has 1 aliphatic carbocycles. The first-order valence-electron chi connectivity index (χ1n) is 10.3. The molecule has 1 aliphatic heterocycles. The van der Waals surface area contributed by atoms with Crippen molar-refractivity contribution in [1.29, 1.82) is 0 Å². The lowest BCUT2D eigenvalue weighted by atomic mass is 10.0. The van der Waals surface area contributed by atoms with Crippen LogP contribution in [0, 0.1) is 11.7 Å². The smallest absolute Gasteiger partial charge is 0.364 e. The van der Waals surface area contributed by atoms with Gasteiger partial charge in [-0.25, -0.2) is 24.3 Å². The Morgan fingerprint density at radius 3 is 2.48 bits per heavy atom. The summed E-state index contributed by atoms with van der Waals surface area (Å²) >= 11 is 0. The summed E-state index contributed by atoms with van der Waals surface area (Å²) in [7, 11) is 0. The number of halogens is 4. The third-order valence-corrected chi connectivity index (χ3v) is 6.05. The van der Waals surface area contributed by atoms with E-state index >= 15 is 0 Å². The first kappa shape index (κ1) is 21.2. The molecule has 170 valence electrons. The maximum atomic E-state index is 14.7. The average Bonchev–Trinajstić information content (AvgIpc) is 3.39. The second kappa shape index (κ2) is 8.05. The number of piperidine rings is 1. The Morgan fingerprint density at radius 2 is 1.82 bits per heavy atom. The minimum atomic E-state index is -4.56. The molecule has 1 saturated heterocycles. The summed E-state index contributed by atoms with van der Waals surface area (Å²) in [6, 6.07) is 5.46. The number of amides is 1. The highest BCUT2D eigenvalue weighted by atomic mass is 19.4. The van der Waals surface area contributed by atoms with Crippen molar-refractivity contribution in [3.8, 4) is 11.4 Å². The van der Waals surface area contributed by atoms with Crippen LogP contribution in [0.1, 0.15) is 28.9 Å². The second-order valence-corrected chi connectivity index (χ2v) is 8.13. The fraction of sp³-hybridized carbons (Fsp3) is 0.318. The first-order chi connectivity index (χ1) is 15.8. The van der Waals surface area contributed by atoms with Crippen LogP contribution in [0.25, 0.3) is 11.4 Å². The quantitative estimate of drug-likeness (QED) is 0.599. The molecule has 2 aromatic heterocycles. The van der Waals surface area contributed by atoms with Crippen LogP contribution in [0.15, 0.2) is 49.1 Å². The third kappa shape index (κ3) is 3.98. The molecule has 3 heterocycles. The highest BCUT2D eigenvalue weighted by Gasteiger charge is 2.47. The molecule has 2 fully saturated rings. The number of nitrogens with zero attached hydrogens (tertiary/aromatic N) is 5. The van der Waals surface area contributed by atoms with Crippen molar-refractivity contribution < 1.29 is 22.4 Å². The molecular weight excluding hydrogens is 440 g/mol.